The molecule has 0 spiro atoms. The number of aromatic nitrogens is 2. The Morgan fingerprint density at radius 2 is 2.05 bits per heavy atom. The molecule has 1 aliphatic carbocycles. The van der Waals surface area contributed by atoms with Gasteiger partial charge < -0.3 is 10.2 Å². The van der Waals surface area contributed by atoms with Crippen molar-refractivity contribution in [1.29, 1.82) is 0 Å². The van der Waals surface area contributed by atoms with Crippen molar-refractivity contribution in [2.45, 2.75) is 31.4 Å². The highest BCUT2D eigenvalue weighted by Crippen LogP contribution is 2.39. The Hall–Kier alpha value is -1.53. The van der Waals surface area contributed by atoms with Gasteiger partial charge in [0, 0.05) is 32.6 Å². The predicted octanol–water partition coefficient (Wildman–Crippen LogP) is 2.78. The van der Waals surface area contributed by atoms with Gasteiger partial charge in [-0.2, -0.15) is 13.2 Å². The van der Waals surface area contributed by atoms with Crippen molar-refractivity contribution in [3.63, 3.8) is 0 Å². The molecule has 2 rings (SSSR count). The molecule has 1 fully saturated rings. The van der Waals surface area contributed by atoms with Gasteiger partial charge in [-0.3, -0.25) is 0 Å². The van der Waals surface area contributed by atoms with Crippen LogP contribution in [0.25, 0.3) is 0 Å². The van der Waals surface area contributed by atoms with E-state index in [-0.39, 0.29) is 6.54 Å². The predicted molar refractivity (Wildman–Crippen MR) is 67.5 cm³/mol. The Labute approximate surface area is 110 Å². The standard InChI is InChI=1S/C12H17F3N4/c1-16-9-7-10(18-11(17-9)8-3-4-8)19(2)6-5-12(13,14)15/h7-8H,3-6H2,1-2H3,(H,16,17,18). The number of hydrogen-bond acceptors (Lipinski definition) is 4. The van der Waals surface area contributed by atoms with Crippen LogP contribution in [0.3, 0.4) is 0 Å². The molecular formula is C12H17F3N4. The molecule has 106 valence electrons. The van der Waals surface area contributed by atoms with E-state index >= 15 is 0 Å². The molecule has 0 aromatic carbocycles. The summed E-state index contributed by atoms with van der Waals surface area (Å²) in [7, 11) is 3.35. The summed E-state index contributed by atoms with van der Waals surface area (Å²) >= 11 is 0. The second kappa shape index (κ2) is 5.22. The van der Waals surface area contributed by atoms with Crippen LogP contribution in [0.1, 0.15) is 31.0 Å². The molecule has 0 aliphatic heterocycles. The van der Waals surface area contributed by atoms with Crippen LogP contribution in [-0.4, -0.2) is 36.8 Å². The van der Waals surface area contributed by atoms with Crippen LogP contribution in [0, 0.1) is 0 Å². The highest BCUT2D eigenvalue weighted by atomic mass is 19.4. The lowest BCUT2D eigenvalue weighted by Gasteiger charge is -2.20. The van der Waals surface area contributed by atoms with Gasteiger partial charge in [0.1, 0.15) is 17.5 Å². The van der Waals surface area contributed by atoms with Crippen molar-refractivity contribution in [2.75, 3.05) is 30.9 Å². The van der Waals surface area contributed by atoms with Crippen LogP contribution in [0.15, 0.2) is 6.07 Å². The highest BCUT2D eigenvalue weighted by molar-refractivity contribution is 5.49. The second-order valence-corrected chi connectivity index (χ2v) is 4.78. The fourth-order valence-electron chi connectivity index (χ4n) is 1.71. The van der Waals surface area contributed by atoms with Crippen LogP contribution < -0.4 is 10.2 Å². The molecule has 0 radical (unpaired) electrons. The third-order valence-electron chi connectivity index (χ3n) is 3.05. The largest absolute Gasteiger partial charge is 0.390 e. The molecule has 0 bridgehead atoms. The number of alkyl halides is 3. The number of rotatable bonds is 5. The molecule has 0 atom stereocenters. The van der Waals surface area contributed by atoms with E-state index < -0.39 is 12.6 Å². The third-order valence-corrected chi connectivity index (χ3v) is 3.05. The zero-order valence-corrected chi connectivity index (χ0v) is 11.0. The molecule has 1 N–H and O–H groups in total. The summed E-state index contributed by atoms with van der Waals surface area (Å²) in [5, 5.41) is 2.92. The Bertz CT molecular complexity index is 443. The van der Waals surface area contributed by atoms with E-state index in [1.807, 2.05) is 0 Å². The Morgan fingerprint density at radius 1 is 1.37 bits per heavy atom. The van der Waals surface area contributed by atoms with Gasteiger partial charge in [0.25, 0.3) is 0 Å². The first kappa shape index (κ1) is 13.9. The maximum atomic E-state index is 12.2. The average Bonchev–Trinajstić information content (AvgIpc) is 3.18. The maximum absolute atomic E-state index is 12.2. The quantitative estimate of drug-likeness (QED) is 0.896. The lowest BCUT2D eigenvalue weighted by molar-refractivity contribution is -0.132. The normalized spacial score (nSPS) is 15.4. The van der Waals surface area contributed by atoms with Gasteiger partial charge in [-0.05, 0) is 12.8 Å². The van der Waals surface area contributed by atoms with E-state index in [9.17, 15) is 13.2 Å². The maximum Gasteiger partial charge on any atom is 0.390 e. The van der Waals surface area contributed by atoms with Crippen LogP contribution in [0.5, 0.6) is 0 Å². The van der Waals surface area contributed by atoms with Crippen molar-refractivity contribution in [3.8, 4) is 0 Å². The van der Waals surface area contributed by atoms with E-state index in [2.05, 4.69) is 15.3 Å². The first-order valence-electron chi connectivity index (χ1n) is 6.23. The zero-order chi connectivity index (χ0) is 14.0. The molecule has 1 aromatic rings. The minimum absolute atomic E-state index is 0.103. The van der Waals surface area contributed by atoms with E-state index in [1.54, 1.807) is 20.2 Å². The van der Waals surface area contributed by atoms with Gasteiger partial charge in [-0.1, -0.05) is 0 Å². The molecule has 19 heavy (non-hydrogen) atoms. The monoisotopic (exact) mass is 274 g/mol. The van der Waals surface area contributed by atoms with E-state index in [0.717, 1.165) is 18.7 Å². The first-order valence-corrected chi connectivity index (χ1v) is 6.23. The van der Waals surface area contributed by atoms with E-state index in [4.69, 9.17) is 0 Å². The van der Waals surface area contributed by atoms with Crippen LogP contribution in [0.4, 0.5) is 24.8 Å². The second-order valence-electron chi connectivity index (χ2n) is 4.78. The van der Waals surface area contributed by atoms with Gasteiger partial charge >= 0.3 is 6.18 Å². The summed E-state index contributed by atoms with van der Waals surface area (Å²) < 4.78 is 36.7. The molecule has 0 amide bonds. The van der Waals surface area contributed by atoms with E-state index in [1.165, 1.54) is 4.90 Å². The van der Waals surface area contributed by atoms with Crippen LogP contribution >= 0.6 is 0 Å². The molecule has 4 nitrogen and oxygen atoms in total. The molecule has 1 aliphatic rings. The molecule has 1 aromatic heterocycles. The average molecular weight is 274 g/mol. The number of halogens is 3. The lowest BCUT2D eigenvalue weighted by Crippen LogP contribution is -2.25. The molecule has 1 saturated carbocycles. The van der Waals surface area contributed by atoms with Crippen molar-refractivity contribution < 1.29 is 13.2 Å². The van der Waals surface area contributed by atoms with Crippen molar-refractivity contribution in [1.82, 2.24) is 9.97 Å². The lowest BCUT2D eigenvalue weighted by atomic mass is 10.3. The number of hydrogen-bond donors (Lipinski definition) is 1. The summed E-state index contributed by atoms with van der Waals surface area (Å²) in [6, 6.07) is 1.67. The summed E-state index contributed by atoms with van der Waals surface area (Å²) in [6.45, 7) is -0.103. The fourth-order valence-corrected chi connectivity index (χ4v) is 1.71. The number of anilines is 2. The fraction of sp³-hybridized carbons (Fsp3) is 0.667. The van der Waals surface area contributed by atoms with Gasteiger partial charge in [0.15, 0.2) is 0 Å². The Morgan fingerprint density at radius 3 is 2.58 bits per heavy atom. The van der Waals surface area contributed by atoms with Crippen molar-refractivity contribution in [2.24, 2.45) is 0 Å². The first-order chi connectivity index (χ1) is 8.89. The molecule has 0 unspecified atom stereocenters. The topological polar surface area (TPSA) is 41.0 Å². The third kappa shape index (κ3) is 3.97. The zero-order valence-electron chi connectivity index (χ0n) is 11.0. The van der Waals surface area contributed by atoms with Gasteiger partial charge in [-0.15, -0.1) is 0 Å². The minimum Gasteiger partial charge on any atom is -0.373 e. The number of nitrogens with one attached hydrogen (secondary N) is 1. The van der Waals surface area contributed by atoms with Gasteiger partial charge in [-0.25, -0.2) is 9.97 Å². The molecule has 1 heterocycles. The van der Waals surface area contributed by atoms with Crippen molar-refractivity contribution in [3.05, 3.63) is 11.9 Å². The number of nitrogens with zero attached hydrogens (tertiary/aromatic N) is 3. The van der Waals surface area contributed by atoms with E-state index in [0.29, 0.717) is 17.6 Å². The molecular weight excluding hydrogens is 257 g/mol. The minimum atomic E-state index is -4.15. The smallest absolute Gasteiger partial charge is 0.373 e. The summed E-state index contributed by atoms with van der Waals surface area (Å²) in [4.78, 5) is 10.2. The Kier molecular flexibility index (Phi) is 3.82. The SMILES string of the molecule is CNc1cc(N(C)CCC(F)(F)F)nc(C2CC2)n1. The Balaban J connectivity index is 2.11. The van der Waals surface area contributed by atoms with Gasteiger partial charge in [0.2, 0.25) is 0 Å². The molecule has 0 saturated heterocycles. The van der Waals surface area contributed by atoms with Crippen LogP contribution in [0.2, 0.25) is 0 Å². The van der Waals surface area contributed by atoms with Crippen LogP contribution in [-0.2, 0) is 0 Å². The molecule has 7 heteroatoms. The highest BCUT2D eigenvalue weighted by Gasteiger charge is 2.29. The van der Waals surface area contributed by atoms with Crippen molar-refractivity contribution >= 4 is 11.6 Å². The summed E-state index contributed by atoms with van der Waals surface area (Å²) in [5.41, 5.74) is 0. The summed E-state index contributed by atoms with van der Waals surface area (Å²) in [6.07, 6.45) is -2.88. The van der Waals surface area contributed by atoms with Gasteiger partial charge in [0.05, 0.1) is 6.42 Å². The summed E-state index contributed by atoms with van der Waals surface area (Å²) in [5.74, 6) is 2.26.